The number of alkyl halides is 1. The Morgan fingerprint density at radius 1 is 1.67 bits per heavy atom. The van der Waals surface area contributed by atoms with E-state index in [1.54, 1.807) is 0 Å². The number of rotatable bonds is 3. The van der Waals surface area contributed by atoms with Crippen LogP contribution in [0.5, 0.6) is 5.75 Å². The molecular weight excluding hydrogens is 265 g/mol. The molecule has 0 atom stereocenters. The Hall–Kier alpha value is -1.41. The molecule has 1 rings (SSSR count). The third-order valence-corrected chi connectivity index (χ3v) is 2.34. The van der Waals surface area contributed by atoms with E-state index < -0.39 is 5.82 Å². The fraction of sp³-hybridized carbons (Fsp3) is 0.200. The Labute approximate surface area is 94.6 Å². The van der Waals surface area contributed by atoms with Crippen LogP contribution in [0, 0.1) is 17.1 Å². The number of hydrogen-bond donors (Lipinski definition) is 0. The summed E-state index contributed by atoms with van der Waals surface area (Å²) < 4.78 is 18.0. The summed E-state index contributed by atoms with van der Waals surface area (Å²) in [5.41, 5.74) is 0.0922. The second-order valence-corrected chi connectivity index (χ2v) is 3.23. The first kappa shape index (κ1) is 11.7. The van der Waals surface area contributed by atoms with Gasteiger partial charge in [-0.2, -0.15) is 5.26 Å². The zero-order chi connectivity index (χ0) is 11.4. The van der Waals surface area contributed by atoms with Crippen LogP contribution in [0.15, 0.2) is 12.1 Å². The van der Waals surface area contributed by atoms with Crippen LogP contribution in [0.4, 0.5) is 4.39 Å². The molecule has 0 unspecified atom stereocenters. The Balaban J connectivity index is 3.49. The van der Waals surface area contributed by atoms with Crippen molar-refractivity contribution in [1.29, 1.82) is 5.26 Å². The number of ketones is 1. The number of hydrogen-bond acceptors (Lipinski definition) is 3. The molecule has 0 saturated heterocycles. The summed E-state index contributed by atoms with van der Waals surface area (Å²) in [7, 11) is 1.25. The standard InChI is InChI=1S/C10H7BrFNO2/c1-15-10-7(12)3-2-6(5-13)9(10)8(14)4-11/h2-3H,4H2,1H3. The van der Waals surface area contributed by atoms with Gasteiger partial charge in [0.1, 0.15) is 6.07 Å². The largest absolute Gasteiger partial charge is 0.493 e. The molecule has 0 aliphatic rings. The number of halogens is 2. The van der Waals surface area contributed by atoms with Gasteiger partial charge in [0.05, 0.1) is 23.6 Å². The lowest BCUT2D eigenvalue weighted by Gasteiger charge is -2.08. The third kappa shape index (κ3) is 2.16. The van der Waals surface area contributed by atoms with E-state index in [1.807, 2.05) is 6.07 Å². The van der Waals surface area contributed by atoms with E-state index in [2.05, 4.69) is 15.9 Å². The number of carbonyl (C=O) groups is 1. The lowest BCUT2D eigenvalue weighted by Crippen LogP contribution is -2.07. The highest BCUT2D eigenvalue weighted by atomic mass is 79.9. The fourth-order valence-corrected chi connectivity index (χ4v) is 1.47. The molecule has 0 amide bonds. The van der Waals surface area contributed by atoms with Crippen LogP contribution in [-0.4, -0.2) is 18.2 Å². The van der Waals surface area contributed by atoms with Crippen LogP contribution in [-0.2, 0) is 0 Å². The van der Waals surface area contributed by atoms with Gasteiger partial charge in [0, 0.05) is 0 Å². The molecule has 0 aliphatic carbocycles. The van der Waals surface area contributed by atoms with Crippen LogP contribution in [0.1, 0.15) is 15.9 Å². The van der Waals surface area contributed by atoms with Crippen molar-refractivity contribution in [1.82, 2.24) is 0 Å². The minimum absolute atomic E-state index is 0.0154. The maximum Gasteiger partial charge on any atom is 0.178 e. The highest BCUT2D eigenvalue weighted by Crippen LogP contribution is 2.26. The molecule has 1 aromatic rings. The Morgan fingerprint density at radius 3 is 2.80 bits per heavy atom. The molecule has 1 aromatic carbocycles. The number of carbonyl (C=O) groups excluding carboxylic acids is 1. The van der Waals surface area contributed by atoms with Crippen LogP contribution in [0.25, 0.3) is 0 Å². The van der Waals surface area contributed by atoms with Gasteiger partial charge in [0.2, 0.25) is 0 Å². The highest BCUT2D eigenvalue weighted by molar-refractivity contribution is 9.09. The predicted molar refractivity (Wildman–Crippen MR) is 55.8 cm³/mol. The van der Waals surface area contributed by atoms with Crippen LogP contribution in [0.3, 0.4) is 0 Å². The van der Waals surface area contributed by atoms with Crippen molar-refractivity contribution in [3.63, 3.8) is 0 Å². The van der Waals surface area contributed by atoms with Crippen molar-refractivity contribution in [2.75, 3.05) is 12.4 Å². The summed E-state index contributed by atoms with van der Waals surface area (Å²) in [6, 6.07) is 4.18. The van der Waals surface area contributed by atoms with E-state index in [-0.39, 0.29) is 28.0 Å². The molecule has 0 heterocycles. The van der Waals surface area contributed by atoms with E-state index in [9.17, 15) is 9.18 Å². The maximum atomic E-state index is 13.3. The summed E-state index contributed by atoms with van der Waals surface area (Å²) in [6.07, 6.45) is 0. The van der Waals surface area contributed by atoms with E-state index in [0.717, 1.165) is 6.07 Å². The van der Waals surface area contributed by atoms with E-state index in [1.165, 1.54) is 13.2 Å². The first-order valence-electron chi connectivity index (χ1n) is 4.01. The van der Waals surface area contributed by atoms with E-state index >= 15 is 0 Å². The second-order valence-electron chi connectivity index (χ2n) is 2.67. The SMILES string of the molecule is COc1c(F)ccc(C#N)c1C(=O)CBr. The number of benzene rings is 1. The van der Waals surface area contributed by atoms with Crippen LogP contribution >= 0.6 is 15.9 Å². The minimum atomic E-state index is -0.652. The molecule has 0 spiro atoms. The molecule has 0 radical (unpaired) electrons. The smallest absolute Gasteiger partial charge is 0.178 e. The third-order valence-electron chi connectivity index (χ3n) is 1.83. The summed E-state index contributed by atoms with van der Waals surface area (Å²) in [5.74, 6) is -1.22. The molecule has 78 valence electrons. The van der Waals surface area contributed by atoms with Crippen molar-refractivity contribution in [2.45, 2.75) is 0 Å². The van der Waals surface area contributed by atoms with Gasteiger partial charge in [-0.1, -0.05) is 15.9 Å². The zero-order valence-corrected chi connectivity index (χ0v) is 9.47. The van der Waals surface area contributed by atoms with Crippen molar-refractivity contribution in [2.24, 2.45) is 0 Å². The maximum absolute atomic E-state index is 13.3. The van der Waals surface area contributed by atoms with Crippen LogP contribution in [0.2, 0.25) is 0 Å². The number of methoxy groups -OCH3 is 1. The monoisotopic (exact) mass is 271 g/mol. The van der Waals surface area contributed by atoms with Crippen LogP contribution < -0.4 is 4.74 Å². The second kappa shape index (κ2) is 4.89. The van der Waals surface area contributed by atoms with Crippen molar-refractivity contribution >= 4 is 21.7 Å². The quantitative estimate of drug-likeness (QED) is 0.626. The van der Waals surface area contributed by atoms with Gasteiger partial charge >= 0.3 is 0 Å². The number of Topliss-reactive ketones (excluding diaryl/α,β-unsaturated/α-hetero) is 1. The van der Waals surface area contributed by atoms with Gasteiger partial charge in [-0.25, -0.2) is 4.39 Å². The molecule has 0 aromatic heterocycles. The van der Waals surface area contributed by atoms with E-state index in [4.69, 9.17) is 10.00 Å². The van der Waals surface area contributed by atoms with Crippen molar-refractivity contribution in [3.8, 4) is 11.8 Å². The fourth-order valence-electron chi connectivity index (χ4n) is 1.19. The highest BCUT2D eigenvalue weighted by Gasteiger charge is 2.19. The number of nitriles is 1. The van der Waals surface area contributed by atoms with Gasteiger partial charge in [-0.15, -0.1) is 0 Å². The molecular formula is C10H7BrFNO2. The molecule has 0 N–H and O–H groups in total. The minimum Gasteiger partial charge on any atom is -0.493 e. The molecule has 0 aliphatic heterocycles. The lowest BCUT2D eigenvalue weighted by molar-refractivity contribution is 0.102. The van der Waals surface area contributed by atoms with Gasteiger partial charge in [-0.3, -0.25) is 4.79 Å². The molecule has 0 fully saturated rings. The molecule has 0 bridgehead atoms. The van der Waals surface area contributed by atoms with Gasteiger partial charge in [-0.05, 0) is 12.1 Å². The number of ether oxygens (including phenoxy) is 1. The summed E-state index contributed by atoms with van der Waals surface area (Å²) in [5, 5.41) is 8.79. The Morgan fingerprint density at radius 2 is 2.33 bits per heavy atom. The Kier molecular flexibility index (Phi) is 3.81. The average Bonchev–Trinajstić information content (AvgIpc) is 2.27. The average molecular weight is 272 g/mol. The summed E-state index contributed by atoms with van der Waals surface area (Å²) in [4.78, 5) is 11.5. The molecule has 15 heavy (non-hydrogen) atoms. The lowest BCUT2D eigenvalue weighted by atomic mass is 10.0. The van der Waals surface area contributed by atoms with Gasteiger partial charge in [0.15, 0.2) is 17.3 Å². The van der Waals surface area contributed by atoms with Crippen molar-refractivity contribution < 1.29 is 13.9 Å². The molecule has 5 heteroatoms. The first-order valence-corrected chi connectivity index (χ1v) is 5.13. The first-order chi connectivity index (χ1) is 7.15. The Bertz CT molecular complexity index is 440. The molecule has 0 saturated carbocycles. The van der Waals surface area contributed by atoms with Crippen molar-refractivity contribution in [3.05, 3.63) is 29.1 Å². The van der Waals surface area contributed by atoms with E-state index in [0.29, 0.717) is 0 Å². The van der Waals surface area contributed by atoms with Gasteiger partial charge < -0.3 is 4.74 Å². The molecule has 3 nitrogen and oxygen atoms in total. The normalized spacial score (nSPS) is 9.47. The van der Waals surface area contributed by atoms with Gasteiger partial charge in [0.25, 0.3) is 0 Å². The summed E-state index contributed by atoms with van der Waals surface area (Å²) >= 11 is 2.97. The summed E-state index contributed by atoms with van der Waals surface area (Å²) in [6.45, 7) is 0. The topological polar surface area (TPSA) is 50.1 Å². The number of nitrogens with zero attached hydrogens (tertiary/aromatic N) is 1. The predicted octanol–water partition coefficient (Wildman–Crippen LogP) is 2.28. The zero-order valence-electron chi connectivity index (χ0n) is 7.88.